The summed E-state index contributed by atoms with van der Waals surface area (Å²) in [5.74, 6) is 3.69. The van der Waals surface area contributed by atoms with Crippen molar-refractivity contribution in [3.05, 3.63) is 23.8 Å². The molecule has 1 aromatic rings. The molecule has 0 aromatic heterocycles. The van der Waals surface area contributed by atoms with Gasteiger partial charge in [-0.25, -0.2) is 0 Å². The molecule has 2 aliphatic rings. The van der Waals surface area contributed by atoms with E-state index in [4.69, 9.17) is 9.47 Å². The molecular weight excluding hydrogens is 272 g/mol. The second-order valence-corrected chi connectivity index (χ2v) is 7.35. The van der Waals surface area contributed by atoms with Crippen LogP contribution in [0, 0.1) is 0 Å². The molecule has 20 heavy (non-hydrogen) atoms. The molecule has 2 unspecified atom stereocenters. The van der Waals surface area contributed by atoms with Crippen molar-refractivity contribution in [2.24, 2.45) is 0 Å². The quantitative estimate of drug-likeness (QED) is 0.800. The predicted octanol–water partition coefficient (Wildman–Crippen LogP) is 3.25. The fourth-order valence-corrected chi connectivity index (χ4v) is 4.67. The van der Waals surface area contributed by atoms with Crippen molar-refractivity contribution in [2.45, 2.75) is 44.1 Å². The highest BCUT2D eigenvalue weighted by Gasteiger charge is 2.28. The van der Waals surface area contributed by atoms with Crippen LogP contribution in [-0.2, 0) is 11.2 Å². The molecule has 0 radical (unpaired) electrons. The zero-order valence-electron chi connectivity index (χ0n) is 12.0. The van der Waals surface area contributed by atoms with Crippen molar-refractivity contribution in [1.82, 2.24) is 0 Å². The van der Waals surface area contributed by atoms with E-state index in [1.165, 1.54) is 18.4 Å². The monoisotopic (exact) mass is 294 g/mol. The van der Waals surface area contributed by atoms with Gasteiger partial charge in [-0.1, -0.05) is 17.2 Å². The Labute approximate surface area is 123 Å². The fraction of sp³-hybridized carbons (Fsp3) is 0.625. The highest BCUT2D eigenvalue weighted by Crippen LogP contribution is 2.37. The van der Waals surface area contributed by atoms with E-state index in [1.807, 2.05) is 6.07 Å². The van der Waals surface area contributed by atoms with E-state index in [9.17, 15) is 4.55 Å². The Kier molecular flexibility index (Phi) is 4.41. The van der Waals surface area contributed by atoms with Crippen LogP contribution in [0.2, 0.25) is 0 Å². The first-order valence-electron chi connectivity index (χ1n) is 7.46. The largest absolute Gasteiger partial charge is 0.616 e. The van der Waals surface area contributed by atoms with Crippen molar-refractivity contribution in [1.29, 1.82) is 0 Å². The SMILES string of the molecule is COc1ccc(C2CC[S+]([O-])C2)cc1OC1CCCC1. The third-order valence-electron chi connectivity index (χ3n) is 4.34. The molecule has 4 heteroatoms. The van der Waals surface area contributed by atoms with Crippen LogP contribution in [0.5, 0.6) is 11.5 Å². The molecule has 0 amide bonds. The molecule has 1 aromatic carbocycles. The average Bonchev–Trinajstić information content (AvgIpc) is 3.10. The summed E-state index contributed by atoms with van der Waals surface area (Å²) in [4.78, 5) is 0. The molecule has 1 aliphatic heterocycles. The van der Waals surface area contributed by atoms with Gasteiger partial charge in [0.15, 0.2) is 11.5 Å². The van der Waals surface area contributed by atoms with Crippen LogP contribution >= 0.6 is 0 Å². The van der Waals surface area contributed by atoms with E-state index in [-0.39, 0.29) is 0 Å². The highest BCUT2D eigenvalue weighted by molar-refractivity contribution is 7.91. The van der Waals surface area contributed by atoms with Gasteiger partial charge in [0.25, 0.3) is 0 Å². The summed E-state index contributed by atoms with van der Waals surface area (Å²) >= 11 is -0.643. The van der Waals surface area contributed by atoms with Crippen LogP contribution in [0.1, 0.15) is 43.6 Å². The van der Waals surface area contributed by atoms with Crippen LogP contribution in [0.15, 0.2) is 18.2 Å². The van der Waals surface area contributed by atoms with E-state index in [1.54, 1.807) is 7.11 Å². The van der Waals surface area contributed by atoms with E-state index in [2.05, 4.69) is 12.1 Å². The van der Waals surface area contributed by atoms with Crippen molar-refractivity contribution in [2.75, 3.05) is 18.6 Å². The molecule has 1 saturated carbocycles. The van der Waals surface area contributed by atoms with Crippen molar-refractivity contribution in [3.63, 3.8) is 0 Å². The molecule has 0 bridgehead atoms. The maximum Gasteiger partial charge on any atom is 0.161 e. The van der Waals surface area contributed by atoms with E-state index in [0.29, 0.717) is 12.0 Å². The Balaban J connectivity index is 1.78. The number of methoxy groups -OCH3 is 1. The molecule has 0 spiro atoms. The first kappa shape index (κ1) is 14.1. The van der Waals surface area contributed by atoms with Gasteiger partial charge in [-0.3, -0.25) is 0 Å². The van der Waals surface area contributed by atoms with Crippen molar-refractivity contribution in [3.8, 4) is 11.5 Å². The summed E-state index contributed by atoms with van der Waals surface area (Å²) in [7, 11) is 1.68. The minimum Gasteiger partial charge on any atom is -0.616 e. The summed E-state index contributed by atoms with van der Waals surface area (Å²) in [6, 6.07) is 6.18. The zero-order chi connectivity index (χ0) is 13.9. The zero-order valence-corrected chi connectivity index (χ0v) is 12.8. The lowest BCUT2D eigenvalue weighted by Gasteiger charge is -2.18. The second kappa shape index (κ2) is 6.27. The molecule has 3 nitrogen and oxygen atoms in total. The molecule has 1 aliphatic carbocycles. The fourth-order valence-electron chi connectivity index (χ4n) is 3.15. The van der Waals surface area contributed by atoms with Gasteiger partial charge in [-0.2, -0.15) is 0 Å². The van der Waals surface area contributed by atoms with E-state index < -0.39 is 11.2 Å². The van der Waals surface area contributed by atoms with Gasteiger partial charge in [0, 0.05) is 12.3 Å². The molecule has 110 valence electrons. The van der Waals surface area contributed by atoms with Crippen LogP contribution in [0.3, 0.4) is 0 Å². The van der Waals surface area contributed by atoms with Crippen LogP contribution in [0.4, 0.5) is 0 Å². The minimum atomic E-state index is -0.643. The number of ether oxygens (including phenoxy) is 2. The van der Waals surface area contributed by atoms with Crippen LogP contribution < -0.4 is 9.47 Å². The molecule has 0 N–H and O–H groups in total. The minimum absolute atomic E-state index is 0.330. The second-order valence-electron chi connectivity index (χ2n) is 5.73. The molecule has 2 atom stereocenters. The first-order chi connectivity index (χ1) is 9.76. The Bertz CT molecular complexity index is 457. The maximum absolute atomic E-state index is 11.6. The summed E-state index contributed by atoms with van der Waals surface area (Å²) in [6.45, 7) is 0. The summed E-state index contributed by atoms with van der Waals surface area (Å²) in [5, 5.41) is 0. The van der Waals surface area contributed by atoms with Gasteiger partial charge in [0.2, 0.25) is 0 Å². The lowest BCUT2D eigenvalue weighted by molar-refractivity contribution is 0.200. The number of hydrogen-bond acceptors (Lipinski definition) is 3. The van der Waals surface area contributed by atoms with Gasteiger partial charge in [0.05, 0.1) is 13.2 Å². The number of hydrogen-bond donors (Lipinski definition) is 0. The van der Waals surface area contributed by atoms with Gasteiger partial charge >= 0.3 is 0 Å². The Morgan fingerprint density at radius 3 is 2.60 bits per heavy atom. The summed E-state index contributed by atoms with van der Waals surface area (Å²) in [6.07, 6.45) is 6.14. The van der Waals surface area contributed by atoms with Crippen LogP contribution in [0.25, 0.3) is 0 Å². The molecule has 1 saturated heterocycles. The van der Waals surface area contributed by atoms with Gasteiger partial charge in [0.1, 0.15) is 11.5 Å². The van der Waals surface area contributed by atoms with E-state index >= 15 is 0 Å². The Morgan fingerprint density at radius 1 is 1.15 bits per heavy atom. The summed E-state index contributed by atoms with van der Waals surface area (Å²) in [5.41, 5.74) is 1.24. The smallest absolute Gasteiger partial charge is 0.161 e. The Hall–Kier alpha value is -0.870. The van der Waals surface area contributed by atoms with Crippen LogP contribution in [-0.4, -0.2) is 29.3 Å². The van der Waals surface area contributed by atoms with Gasteiger partial charge in [-0.05, 0) is 43.4 Å². The molecular formula is C16H22O3S. The average molecular weight is 294 g/mol. The lowest BCUT2D eigenvalue weighted by Crippen LogP contribution is -2.12. The third-order valence-corrected chi connectivity index (χ3v) is 5.80. The topological polar surface area (TPSA) is 41.5 Å². The van der Waals surface area contributed by atoms with E-state index in [0.717, 1.165) is 42.3 Å². The maximum atomic E-state index is 11.6. The molecule has 3 rings (SSSR count). The first-order valence-corrected chi connectivity index (χ1v) is 8.94. The van der Waals surface area contributed by atoms with Gasteiger partial charge < -0.3 is 14.0 Å². The molecule has 2 fully saturated rings. The van der Waals surface area contributed by atoms with Crippen molar-refractivity contribution >= 4 is 11.2 Å². The standard InChI is InChI=1S/C16H22O3S/c1-18-15-7-6-12(13-8-9-20(17)11-13)10-16(15)19-14-4-2-3-5-14/h6-7,10,13-14H,2-5,8-9,11H2,1H3. The molecule has 1 heterocycles. The third kappa shape index (κ3) is 3.07. The summed E-state index contributed by atoms with van der Waals surface area (Å²) < 4.78 is 23.1. The Morgan fingerprint density at radius 2 is 1.95 bits per heavy atom. The highest BCUT2D eigenvalue weighted by atomic mass is 32.2. The normalized spacial score (nSPS) is 26.9. The number of benzene rings is 1. The van der Waals surface area contributed by atoms with Crippen molar-refractivity contribution < 1.29 is 14.0 Å². The predicted molar refractivity (Wildman–Crippen MR) is 81.1 cm³/mol. The number of rotatable bonds is 4. The lowest BCUT2D eigenvalue weighted by atomic mass is 9.98. The van der Waals surface area contributed by atoms with Gasteiger partial charge in [-0.15, -0.1) is 0 Å².